The quantitative estimate of drug-likeness (QED) is 0.0894. The van der Waals surface area contributed by atoms with E-state index in [1.165, 1.54) is 79.1 Å². The van der Waals surface area contributed by atoms with Crippen molar-refractivity contribution in [2.24, 2.45) is 5.73 Å². The van der Waals surface area contributed by atoms with Gasteiger partial charge in [0.2, 0.25) is 0 Å². The lowest BCUT2D eigenvalue weighted by Crippen LogP contribution is -2.21. The van der Waals surface area contributed by atoms with Crippen LogP contribution in [0.5, 0.6) is 0 Å². The highest BCUT2D eigenvalue weighted by Gasteiger charge is 2.15. The predicted molar refractivity (Wildman–Crippen MR) is 336 cm³/mol. The lowest BCUT2D eigenvalue weighted by molar-refractivity contribution is 0.978. The molecule has 2 heteroatoms. The first kappa shape index (κ1) is 58.1. The molecular formula is C73H82N2. The molecule has 0 aromatic heterocycles. The Bertz CT molecular complexity index is 3320. The highest BCUT2D eigenvalue weighted by Crippen LogP contribution is 2.30. The SMILES string of the molecule is C=C/C(c1ccc2ccccc2c1)=c1/ccc(=C)c(C(/C=C\C2=C(/C=C/C=C/C=C/C(C)=C(C)\C(C)=C/c3ccc(CC)cc3)CCC=C2)=C\C=C\c2ccc(CC)cc2)c1Nc1cc(C)c(C)c(C)c1.CC.CN. The van der Waals surface area contributed by atoms with E-state index in [1.54, 1.807) is 0 Å². The zero-order valence-corrected chi connectivity index (χ0v) is 46.9. The molecule has 2 nitrogen and oxygen atoms in total. The van der Waals surface area contributed by atoms with Crippen molar-refractivity contribution in [2.45, 2.75) is 94.9 Å². The molecule has 0 atom stereocenters. The highest BCUT2D eigenvalue weighted by molar-refractivity contribution is 5.92. The zero-order chi connectivity index (χ0) is 54.3. The van der Waals surface area contributed by atoms with Crippen molar-refractivity contribution in [3.8, 4) is 0 Å². The van der Waals surface area contributed by atoms with Crippen LogP contribution < -0.4 is 21.5 Å². The van der Waals surface area contributed by atoms with Gasteiger partial charge in [-0.2, -0.15) is 0 Å². The normalized spacial score (nSPS) is 13.9. The van der Waals surface area contributed by atoms with Crippen LogP contribution in [0.15, 0.2) is 229 Å². The molecule has 7 rings (SSSR count). The Labute approximate surface area is 452 Å². The van der Waals surface area contributed by atoms with Gasteiger partial charge in [0, 0.05) is 16.5 Å². The molecule has 3 N–H and O–H groups in total. The molecule has 0 spiro atoms. The van der Waals surface area contributed by atoms with Crippen LogP contribution in [0.1, 0.15) is 111 Å². The summed E-state index contributed by atoms with van der Waals surface area (Å²) in [5.41, 5.74) is 25.9. The second-order valence-electron chi connectivity index (χ2n) is 18.7. The van der Waals surface area contributed by atoms with Crippen molar-refractivity contribution in [1.82, 2.24) is 0 Å². The third kappa shape index (κ3) is 16.1. The number of anilines is 2. The van der Waals surface area contributed by atoms with Crippen molar-refractivity contribution < 1.29 is 0 Å². The van der Waals surface area contributed by atoms with Gasteiger partial charge in [-0.05, 0) is 192 Å². The monoisotopic (exact) mass is 987 g/mol. The third-order valence-electron chi connectivity index (χ3n) is 13.9. The van der Waals surface area contributed by atoms with Crippen molar-refractivity contribution >= 4 is 52.0 Å². The third-order valence-corrected chi connectivity index (χ3v) is 13.9. The minimum absolute atomic E-state index is 0.926. The number of benzene rings is 6. The molecule has 0 bridgehead atoms. The molecule has 0 aliphatic heterocycles. The molecule has 0 saturated heterocycles. The topological polar surface area (TPSA) is 38.0 Å². The molecule has 384 valence electrons. The summed E-state index contributed by atoms with van der Waals surface area (Å²) in [6.07, 6.45) is 37.0. The number of nitrogens with two attached hydrogens (primary N) is 1. The van der Waals surface area contributed by atoms with Gasteiger partial charge < -0.3 is 11.1 Å². The summed E-state index contributed by atoms with van der Waals surface area (Å²) in [4.78, 5) is 0. The van der Waals surface area contributed by atoms with Crippen LogP contribution in [0.3, 0.4) is 0 Å². The fourth-order valence-electron chi connectivity index (χ4n) is 9.04. The molecular weight excluding hydrogens is 905 g/mol. The standard InChI is InChI=1S/C70H71N.C2H6.CH5N/c1-11-56-32-36-58(37-33-56)24-22-30-63(42-40-61-27-19-18-26-60(61)25-17-15-14-16-23-49(4)54(9)51(6)45-59-38-34-57(12-2)35-39-59)69-50(5)31-44-68(70(69)71-66-46-52(7)55(10)53(8)47-66)67(13-3)65-43-41-62-28-20-21-29-64(62)48-65;2*1-2/h13-17,19-25,27-48,71H,3,5,11-12,18,26H2,1-2,4,6-10H3;1-2H3;2H2,1H3/b15-14+,23-16+,24-22+,25-17+,42-40-,51-45-,54-49-,63-30-,68-67+;;. The Morgan fingerprint density at radius 1 is 0.667 bits per heavy atom. The maximum atomic E-state index is 4.71. The molecule has 0 amide bonds. The van der Waals surface area contributed by atoms with Gasteiger partial charge in [-0.25, -0.2) is 0 Å². The van der Waals surface area contributed by atoms with Crippen LogP contribution in [0.2, 0.25) is 0 Å². The van der Waals surface area contributed by atoms with E-state index in [9.17, 15) is 0 Å². The number of allylic oxidation sites excluding steroid dienone is 19. The van der Waals surface area contributed by atoms with Crippen LogP contribution >= 0.6 is 0 Å². The van der Waals surface area contributed by atoms with E-state index >= 15 is 0 Å². The Balaban J connectivity index is 0.00000254. The van der Waals surface area contributed by atoms with E-state index < -0.39 is 0 Å². The van der Waals surface area contributed by atoms with Crippen LogP contribution in [-0.4, -0.2) is 7.05 Å². The number of aryl methyl sites for hydroxylation is 4. The second-order valence-corrected chi connectivity index (χ2v) is 18.7. The summed E-state index contributed by atoms with van der Waals surface area (Å²) in [5.74, 6) is 0. The maximum Gasteiger partial charge on any atom is 0.0549 e. The van der Waals surface area contributed by atoms with Crippen LogP contribution in [0, 0.1) is 20.8 Å². The highest BCUT2D eigenvalue weighted by atomic mass is 14.9. The lowest BCUT2D eigenvalue weighted by Gasteiger charge is -2.19. The number of fused-ring (bicyclic) bond motifs is 1. The summed E-state index contributed by atoms with van der Waals surface area (Å²) >= 11 is 0. The minimum Gasteiger partial charge on any atom is -0.354 e. The van der Waals surface area contributed by atoms with Gasteiger partial charge >= 0.3 is 0 Å². The Morgan fingerprint density at radius 2 is 1.31 bits per heavy atom. The van der Waals surface area contributed by atoms with E-state index in [4.69, 9.17) is 6.58 Å². The Kier molecular flexibility index (Phi) is 23.1. The molecule has 1 aliphatic carbocycles. The largest absolute Gasteiger partial charge is 0.354 e. The van der Waals surface area contributed by atoms with Crippen molar-refractivity contribution in [3.63, 3.8) is 0 Å². The summed E-state index contributed by atoms with van der Waals surface area (Å²) in [6, 6.07) is 41.7. The average molecular weight is 987 g/mol. The number of hydrogen-bond donors (Lipinski definition) is 2. The van der Waals surface area contributed by atoms with Gasteiger partial charge in [0.05, 0.1) is 5.69 Å². The second kappa shape index (κ2) is 29.8. The van der Waals surface area contributed by atoms with Crippen LogP contribution in [0.4, 0.5) is 11.4 Å². The number of rotatable bonds is 17. The molecule has 0 heterocycles. The van der Waals surface area contributed by atoms with Gasteiger partial charge in [0.25, 0.3) is 0 Å². The number of hydrogen-bond acceptors (Lipinski definition) is 2. The predicted octanol–water partition coefficient (Wildman–Crippen LogP) is 18.4. The van der Waals surface area contributed by atoms with E-state index in [0.29, 0.717) is 0 Å². The van der Waals surface area contributed by atoms with Gasteiger partial charge in [-0.1, -0.05) is 229 Å². The molecule has 6 aromatic rings. The van der Waals surface area contributed by atoms with E-state index in [0.717, 1.165) is 75.3 Å². The first-order valence-corrected chi connectivity index (χ1v) is 26.9. The summed E-state index contributed by atoms with van der Waals surface area (Å²) < 4.78 is 0. The molecule has 0 unspecified atom stereocenters. The van der Waals surface area contributed by atoms with Crippen molar-refractivity contribution in [3.05, 3.63) is 289 Å². The molecule has 1 aliphatic rings. The first-order valence-electron chi connectivity index (χ1n) is 26.9. The van der Waals surface area contributed by atoms with Crippen molar-refractivity contribution in [2.75, 3.05) is 12.4 Å². The van der Waals surface area contributed by atoms with Crippen LogP contribution in [0.25, 0.3) is 40.6 Å². The Hall–Kier alpha value is -7.78. The molecule has 0 saturated carbocycles. The zero-order valence-electron chi connectivity index (χ0n) is 46.9. The summed E-state index contributed by atoms with van der Waals surface area (Å²) in [7, 11) is 1.50. The lowest BCUT2D eigenvalue weighted by atomic mass is 9.92. The fourth-order valence-corrected chi connectivity index (χ4v) is 9.04. The van der Waals surface area contributed by atoms with E-state index in [-0.39, 0.29) is 0 Å². The van der Waals surface area contributed by atoms with Gasteiger partial charge in [0.15, 0.2) is 0 Å². The number of nitrogens with one attached hydrogen (secondary N) is 1. The average Bonchev–Trinajstić information content (AvgIpc) is 3.44. The van der Waals surface area contributed by atoms with Crippen molar-refractivity contribution in [1.29, 1.82) is 0 Å². The van der Waals surface area contributed by atoms with E-state index in [1.807, 2.05) is 19.9 Å². The molecule has 0 radical (unpaired) electrons. The van der Waals surface area contributed by atoms with E-state index in [2.05, 4.69) is 273 Å². The first-order chi connectivity index (χ1) is 36.5. The molecule has 75 heavy (non-hydrogen) atoms. The van der Waals surface area contributed by atoms with Gasteiger partial charge in [-0.15, -0.1) is 0 Å². The minimum atomic E-state index is 0.926. The van der Waals surface area contributed by atoms with Crippen LogP contribution in [-0.2, 0) is 12.8 Å². The summed E-state index contributed by atoms with van der Waals surface area (Å²) in [5, 5.41) is 8.35. The van der Waals surface area contributed by atoms with Gasteiger partial charge in [-0.3, -0.25) is 0 Å². The molecule has 0 fully saturated rings. The van der Waals surface area contributed by atoms with Gasteiger partial charge in [0.1, 0.15) is 0 Å². The molecule has 6 aromatic carbocycles. The maximum absolute atomic E-state index is 4.71. The smallest absolute Gasteiger partial charge is 0.0549 e. The Morgan fingerprint density at radius 3 is 1.96 bits per heavy atom. The fraction of sp³-hybridized carbons (Fsp3) is 0.205. The summed E-state index contributed by atoms with van der Waals surface area (Å²) in [6.45, 7) is 30.7.